The molecule has 23 heavy (non-hydrogen) atoms. The molecule has 9 heteroatoms. The summed E-state index contributed by atoms with van der Waals surface area (Å²) in [6.45, 7) is 1.09. The first-order valence-electron chi connectivity index (χ1n) is 7.45. The van der Waals surface area contributed by atoms with Crippen molar-refractivity contribution in [3.05, 3.63) is 30.4 Å². The van der Waals surface area contributed by atoms with Crippen LogP contribution in [0.1, 0.15) is 12.1 Å². The van der Waals surface area contributed by atoms with Crippen LogP contribution in [-0.4, -0.2) is 64.4 Å². The van der Waals surface area contributed by atoms with E-state index in [1.165, 1.54) is 8.61 Å². The highest BCUT2D eigenvalue weighted by molar-refractivity contribution is 7.86. The molecule has 1 fully saturated rings. The van der Waals surface area contributed by atoms with Gasteiger partial charge in [-0.25, -0.2) is 0 Å². The minimum atomic E-state index is -3.32. The Hall–Kier alpha value is -1.84. The predicted octanol–water partition coefficient (Wildman–Crippen LogP) is 0.537. The lowest BCUT2D eigenvalue weighted by Gasteiger charge is -2.20. The number of H-pyrrole nitrogens is 1. The Balaban J connectivity index is 1.63. The third-order valence-corrected chi connectivity index (χ3v) is 5.92. The van der Waals surface area contributed by atoms with Crippen molar-refractivity contribution in [1.29, 1.82) is 0 Å². The molecule has 1 aliphatic heterocycles. The molecule has 0 spiro atoms. The van der Waals surface area contributed by atoms with E-state index in [1.807, 2.05) is 6.07 Å². The summed E-state index contributed by atoms with van der Waals surface area (Å²) in [5.74, 6) is 0.275. The van der Waals surface area contributed by atoms with Gasteiger partial charge in [0.1, 0.15) is 5.69 Å². The molecule has 1 atom stereocenters. The molecule has 0 bridgehead atoms. The lowest BCUT2D eigenvalue weighted by Crippen LogP contribution is -2.38. The van der Waals surface area contributed by atoms with E-state index in [2.05, 4.69) is 20.2 Å². The Kier molecular flexibility index (Phi) is 4.42. The van der Waals surface area contributed by atoms with Gasteiger partial charge in [0.2, 0.25) is 0 Å². The maximum absolute atomic E-state index is 12.1. The zero-order chi connectivity index (χ0) is 16.4. The monoisotopic (exact) mass is 336 g/mol. The van der Waals surface area contributed by atoms with Crippen LogP contribution in [0.3, 0.4) is 0 Å². The van der Waals surface area contributed by atoms with Gasteiger partial charge in [0, 0.05) is 39.6 Å². The van der Waals surface area contributed by atoms with Crippen molar-refractivity contribution in [2.24, 2.45) is 5.92 Å². The lowest BCUT2D eigenvalue weighted by molar-refractivity contribution is 0.409. The van der Waals surface area contributed by atoms with E-state index in [9.17, 15) is 8.42 Å². The summed E-state index contributed by atoms with van der Waals surface area (Å²) in [5, 5.41) is 6.74. The summed E-state index contributed by atoms with van der Waals surface area (Å²) in [5.41, 5.74) is 2.45. The molecular weight excluding hydrogens is 316 g/mol. The van der Waals surface area contributed by atoms with Crippen LogP contribution in [0.5, 0.6) is 0 Å². The molecule has 0 saturated carbocycles. The first-order chi connectivity index (χ1) is 11.0. The minimum Gasteiger partial charge on any atom is -0.276 e. The van der Waals surface area contributed by atoms with Gasteiger partial charge in [0.05, 0.1) is 17.6 Å². The largest absolute Gasteiger partial charge is 0.281 e. The van der Waals surface area contributed by atoms with Gasteiger partial charge in [-0.3, -0.25) is 15.1 Å². The summed E-state index contributed by atoms with van der Waals surface area (Å²) >= 11 is 0. The van der Waals surface area contributed by atoms with Crippen LogP contribution in [0.25, 0.3) is 11.4 Å². The average Bonchev–Trinajstić information content (AvgIpc) is 3.19. The molecule has 3 heterocycles. The summed E-state index contributed by atoms with van der Waals surface area (Å²) < 4.78 is 27.0. The second-order valence-electron chi connectivity index (χ2n) is 5.87. The normalized spacial score (nSPS) is 19.5. The van der Waals surface area contributed by atoms with E-state index >= 15 is 0 Å². The van der Waals surface area contributed by atoms with Gasteiger partial charge in [0.25, 0.3) is 10.2 Å². The van der Waals surface area contributed by atoms with Crippen LogP contribution >= 0.6 is 0 Å². The fraction of sp³-hybridized carbons (Fsp3) is 0.500. The van der Waals surface area contributed by atoms with Crippen molar-refractivity contribution >= 4 is 10.2 Å². The average molecular weight is 336 g/mol. The van der Waals surface area contributed by atoms with Crippen LogP contribution in [0, 0.1) is 5.92 Å². The SMILES string of the molecule is CN(C)S(=O)(=O)N1CCC(Cc2cnc(-c3ccn[nH]3)cn2)C1. The first-order valence-corrected chi connectivity index (χ1v) is 8.85. The Morgan fingerprint density at radius 3 is 2.78 bits per heavy atom. The zero-order valence-electron chi connectivity index (χ0n) is 13.2. The summed E-state index contributed by atoms with van der Waals surface area (Å²) in [4.78, 5) is 8.82. The van der Waals surface area contributed by atoms with Gasteiger partial charge in [-0.2, -0.15) is 22.1 Å². The number of nitrogens with one attached hydrogen (secondary N) is 1. The minimum absolute atomic E-state index is 0.275. The van der Waals surface area contributed by atoms with Gasteiger partial charge in [-0.1, -0.05) is 0 Å². The van der Waals surface area contributed by atoms with Crippen LogP contribution in [-0.2, 0) is 16.6 Å². The molecule has 0 aliphatic carbocycles. The quantitative estimate of drug-likeness (QED) is 0.860. The Labute approximate surface area is 135 Å². The van der Waals surface area contributed by atoms with Gasteiger partial charge < -0.3 is 0 Å². The van der Waals surface area contributed by atoms with Crippen LogP contribution in [0.2, 0.25) is 0 Å². The standard InChI is InChI=1S/C14H20N6O2S/c1-19(2)23(21,22)20-6-4-11(10-20)7-12-8-16-14(9-15-12)13-3-5-17-18-13/h3,5,8-9,11H,4,6-7,10H2,1-2H3,(H,17,18). The van der Waals surface area contributed by atoms with E-state index in [-0.39, 0.29) is 5.92 Å². The molecule has 2 aromatic heterocycles. The highest BCUT2D eigenvalue weighted by Crippen LogP contribution is 2.23. The zero-order valence-corrected chi connectivity index (χ0v) is 14.0. The van der Waals surface area contributed by atoms with Gasteiger partial charge in [-0.15, -0.1) is 0 Å². The van der Waals surface area contributed by atoms with Crippen molar-refractivity contribution in [3.63, 3.8) is 0 Å². The van der Waals surface area contributed by atoms with Gasteiger partial charge in [-0.05, 0) is 24.8 Å². The molecule has 0 amide bonds. The first kappa shape index (κ1) is 16.0. The molecule has 0 aromatic carbocycles. The Bertz CT molecular complexity index is 742. The third kappa shape index (κ3) is 3.41. The van der Waals surface area contributed by atoms with E-state index in [0.717, 1.165) is 29.9 Å². The predicted molar refractivity (Wildman–Crippen MR) is 85.6 cm³/mol. The van der Waals surface area contributed by atoms with E-state index in [1.54, 1.807) is 32.7 Å². The molecule has 8 nitrogen and oxygen atoms in total. The van der Waals surface area contributed by atoms with Crippen LogP contribution in [0.15, 0.2) is 24.7 Å². The maximum Gasteiger partial charge on any atom is 0.281 e. The molecule has 1 aliphatic rings. The molecule has 1 unspecified atom stereocenters. The van der Waals surface area contributed by atoms with Crippen LogP contribution < -0.4 is 0 Å². The number of nitrogens with zero attached hydrogens (tertiary/aromatic N) is 5. The molecule has 1 N–H and O–H groups in total. The van der Waals surface area contributed by atoms with Crippen molar-refractivity contribution in [2.75, 3.05) is 27.2 Å². The second-order valence-corrected chi connectivity index (χ2v) is 8.01. The fourth-order valence-corrected chi connectivity index (χ4v) is 3.90. The van der Waals surface area contributed by atoms with Gasteiger partial charge >= 0.3 is 0 Å². The molecule has 2 aromatic rings. The molecule has 1 saturated heterocycles. The number of aromatic nitrogens is 4. The molecule has 0 radical (unpaired) electrons. The van der Waals surface area contributed by atoms with E-state index < -0.39 is 10.2 Å². The lowest BCUT2D eigenvalue weighted by atomic mass is 10.0. The van der Waals surface area contributed by atoms with Crippen molar-refractivity contribution in [2.45, 2.75) is 12.8 Å². The third-order valence-electron chi connectivity index (χ3n) is 4.02. The van der Waals surface area contributed by atoms with Crippen molar-refractivity contribution < 1.29 is 8.42 Å². The Morgan fingerprint density at radius 2 is 2.17 bits per heavy atom. The van der Waals surface area contributed by atoms with Gasteiger partial charge in [0.15, 0.2) is 0 Å². The van der Waals surface area contributed by atoms with E-state index in [0.29, 0.717) is 13.1 Å². The maximum atomic E-state index is 12.1. The second kappa shape index (κ2) is 6.34. The molecular formula is C14H20N6O2S. The summed E-state index contributed by atoms with van der Waals surface area (Å²) in [6, 6.07) is 1.84. The molecule has 3 rings (SSSR count). The smallest absolute Gasteiger partial charge is 0.276 e. The van der Waals surface area contributed by atoms with E-state index in [4.69, 9.17) is 0 Å². The number of hydrogen-bond acceptors (Lipinski definition) is 5. The Morgan fingerprint density at radius 1 is 1.35 bits per heavy atom. The molecule has 124 valence electrons. The number of rotatable bonds is 5. The highest BCUT2D eigenvalue weighted by Gasteiger charge is 2.32. The summed E-state index contributed by atoms with van der Waals surface area (Å²) in [7, 11) is -0.203. The van der Waals surface area contributed by atoms with Crippen molar-refractivity contribution in [1.82, 2.24) is 28.8 Å². The fourth-order valence-electron chi connectivity index (χ4n) is 2.70. The number of aromatic amines is 1. The topological polar surface area (TPSA) is 95.1 Å². The highest BCUT2D eigenvalue weighted by atomic mass is 32.2. The van der Waals surface area contributed by atoms with Crippen molar-refractivity contribution in [3.8, 4) is 11.4 Å². The number of hydrogen-bond donors (Lipinski definition) is 1. The van der Waals surface area contributed by atoms with Crippen LogP contribution in [0.4, 0.5) is 0 Å². The summed E-state index contributed by atoms with van der Waals surface area (Å²) in [6.07, 6.45) is 6.71.